The molecule has 0 heterocycles. The Labute approximate surface area is 83.6 Å². The average Bonchev–Trinajstić information content (AvgIpc) is 1.81. The van der Waals surface area contributed by atoms with Gasteiger partial charge in [0.15, 0.2) is 0 Å². The molecule has 13 heavy (non-hydrogen) atoms. The van der Waals surface area contributed by atoms with Crippen LogP contribution in [-0.4, -0.2) is 8.32 Å². The second-order valence-corrected chi connectivity index (χ2v) is 8.98. The smallest absolute Gasteiger partial charge is 0.241 e. The van der Waals surface area contributed by atoms with Crippen LogP contribution in [0.4, 0.5) is 0 Å². The number of hydrogen-bond donors (Lipinski definition) is 0. The van der Waals surface area contributed by atoms with E-state index in [1.165, 1.54) is 5.57 Å². The standard InChI is InChI=1S/C11H22OSi/c1-10(2)8-7-9-11(3)12-13(4,5)6/h8-9H,7H2,1-6H3/b11-9-. The van der Waals surface area contributed by atoms with E-state index in [2.05, 4.69) is 45.6 Å². The SMILES string of the molecule is CC(C)=CC/C=C(/C)O[Si](C)(C)C. The van der Waals surface area contributed by atoms with Crippen LogP contribution in [0.1, 0.15) is 27.2 Å². The Hall–Kier alpha value is -0.503. The van der Waals surface area contributed by atoms with Gasteiger partial charge in [-0.25, -0.2) is 0 Å². The van der Waals surface area contributed by atoms with Crippen molar-refractivity contribution in [2.45, 2.75) is 46.8 Å². The van der Waals surface area contributed by atoms with Gasteiger partial charge in [0.05, 0.1) is 5.76 Å². The summed E-state index contributed by atoms with van der Waals surface area (Å²) >= 11 is 0. The van der Waals surface area contributed by atoms with Gasteiger partial charge < -0.3 is 4.43 Å². The summed E-state index contributed by atoms with van der Waals surface area (Å²) in [5.41, 5.74) is 1.36. The van der Waals surface area contributed by atoms with E-state index in [1.54, 1.807) is 0 Å². The Morgan fingerprint density at radius 2 is 1.62 bits per heavy atom. The molecule has 0 aliphatic carbocycles. The molecule has 0 saturated heterocycles. The van der Waals surface area contributed by atoms with Crippen molar-refractivity contribution in [1.29, 1.82) is 0 Å². The maximum absolute atomic E-state index is 5.79. The maximum atomic E-state index is 5.79. The number of allylic oxidation sites excluding steroid dienone is 4. The average molecular weight is 198 g/mol. The van der Waals surface area contributed by atoms with Crippen LogP contribution in [-0.2, 0) is 4.43 Å². The third-order valence-corrected chi connectivity index (χ3v) is 2.33. The fourth-order valence-electron chi connectivity index (χ4n) is 0.985. The van der Waals surface area contributed by atoms with Crippen molar-refractivity contribution < 1.29 is 4.43 Å². The van der Waals surface area contributed by atoms with Gasteiger partial charge >= 0.3 is 0 Å². The van der Waals surface area contributed by atoms with E-state index in [9.17, 15) is 0 Å². The van der Waals surface area contributed by atoms with Crippen LogP contribution in [0.25, 0.3) is 0 Å². The zero-order valence-electron chi connectivity index (χ0n) is 9.77. The summed E-state index contributed by atoms with van der Waals surface area (Å²) in [6.45, 7) is 12.9. The Kier molecular flexibility index (Phi) is 5.07. The van der Waals surface area contributed by atoms with Crippen LogP contribution in [0.2, 0.25) is 19.6 Å². The first kappa shape index (κ1) is 12.5. The summed E-state index contributed by atoms with van der Waals surface area (Å²) in [4.78, 5) is 0. The number of hydrogen-bond acceptors (Lipinski definition) is 1. The van der Waals surface area contributed by atoms with Crippen molar-refractivity contribution in [1.82, 2.24) is 0 Å². The van der Waals surface area contributed by atoms with Crippen LogP contribution in [0, 0.1) is 0 Å². The lowest BCUT2D eigenvalue weighted by Crippen LogP contribution is -2.24. The molecule has 0 aliphatic heterocycles. The van der Waals surface area contributed by atoms with E-state index < -0.39 is 8.32 Å². The fraction of sp³-hybridized carbons (Fsp3) is 0.636. The Balaban J connectivity index is 3.97. The first-order chi connectivity index (χ1) is 5.81. The monoisotopic (exact) mass is 198 g/mol. The second-order valence-electron chi connectivity index (χ2n) is 4.55. The predicted molar refractivity (Wildman–Crippen MR) is 62.2 cm³/mol. The molecular weight excluding hydrogens is 176 g/mol. The molecular formula is C11H22OSi. The molecule has 0 aliphatic rings. The Bertz CT molecular complexity index is 205. The molecule has 2 heteroatoms. The van der Waals surface area contributed by atoms with Crippen molar-refractivity contribution in [2.24, 2.45) is 0 Å². The van der Waals surface area contributed by atoms with Gasteiger partial charge in [-0.2, -0.15) is 0 Å². The lowest BCUT2D eigenvalue weighted by molar-refractivity contribution is 0.422. The summed E-state index contributed by atoms with van der Waals surface area (Å²) in [5.74, 6) is 1.07. The van der Waals surface area contributed by atoms with E-state index in [0.717, 1.165) is 12.2 Å². The van der Waals surface area contributed by atoms with E-state index in [1.807, 2.05) is 6.92 Å². The summed E-state index contributed by atoms with van der Waals surface area (Å²) < 4.78 is 5.79. The fourth-order valence-corrected chi connectivity index (χ4v) is 2.03. The van der Waals surface area contributed by atoms with Crippen LogP contribution in [0.3, 0.4) is 0 Å². The third kappa shape index (κ3) is 9.41. The van der Waals surface area contributed by atoms with E-state index in [4.69, 9.17) is 4.43 Å². The Morgan fingerprint density at radius 1 is 1.08 bits per heavy atom. The largest absolute Gasteiger partial charge is 0.548 e. The van der Waals surface area contributed by atoms with E-state index >= 15 is 0 Å². The molecule has 1 nitrogen and oxygen atoms in total. The van der Waals surface area contributed by atoms with Crippen LogP contribution < -0.4 is 0 Å². The van der Waals surface area contributed by atoms with E-state index in [-0.39, 0.29) is 0 Å². The molecule has 0 saturated carbocycles. The quantitative estimate of drug-likeness (QED) is 0.375. The summed E-state index contributed by atoms with van der Waals surface area (Å²) in [6, 6.07) is 0. The summed E-state index contributed by atoms with van der Waals surface area (Å²) in [5, 5.41) is 0. The lowest BCUT2D eigenvalue weighted by atomic mass is 10.2. The van der Waals surface area contributed by atoms with Crippen molar-refractivity contribution in [3.8, 4) is 0 Å². The zero-order valence-corrected chi connectivity index (χ0v) is 10.8. The highest BCUT2D eigenvalue weighted by molar-refractivity contribution is 6.70. The molecule has 0 unspecified atom stereocenters. The molecule has 0 aromatic heterocycles. The topological polar surface area (TPSA) is 9.23 Å². The van der Waals surface area contributed by atoms with Crippen LogP contribution >= 0.6 is 0 Å². The molecule has 0 N–H and O–H groups in total. The van der Waals surface area contributed by atoms with Crippen molar-refractivity contribution in [3.63, 3.8) is 0 Å². The molecule has 0 spiro atoms. The van der Waals surface area contributed by atoms with Gasteiger partial charge in [-0.05, 0) is 52.9 Å². The molecule has 0 rings (SSSR count). The number of rotatable bonds is 4. The minimum absolute atomic E-state index is 0.985. The van der Waals surface area contributed by atoms with Gasteiger partial charge in [0, 0.05) is 0 Å². The van der Waals surface area contributed by atoms with Gasteiger partial charge in [0.2, 0.25) is 8.32 Å². The molecule has 0 bridgehead atoms. The molecule has 0 amide bonds. The van der Waals surface area contributed by atoms with Gasteiger partial charge in [0.1, 0.15) is 0 Å². The molecule has 0 aromatic rings. The highest BCUT2D eigenvalue weighted by Crippen LogP contribution is 2.10. The van der Waals surface area contributed by atoms with Crippen molar-refractivity contribution in [3.05, 3.63) is 23.5 Å². The molecule has 0 radical (unpaired) electrons. The van der Waals surface area contributed by atoms with Crippen molar-refractivity contribution in [2.75, 3.05) is 0 Å². The molecule has 0 atom stereocenters. The van der Waals surface area contributed by atoms with Crippen LogP contribution in [0.5, 0.6) is 0 Å². The normalized spacial score (nSPS) is 12.6. The lowest BCUT2D eigenvalue weighted by Gasteiger charge is -2.19. The summed E-state index contributed by atoms with van der Waals surface area (Å²) in [6.07, 6.45) is 5.33. The highest BCUT2D eigenvalue weighted by atomic mass is 28.4. The predicted octanol–water partition coefficient (Wildman–Crippen LogP) is 4.10. The first-order valence-corrected chi connectivity index (χ1v) is 8.21. The van der Waals surface area contributed by atoms with Gasteiger partial charge in [-0.3, -0.25) is 0 Å². The Morgan fingerprint density at radius 3 is 2.00 bits per heavy atom. The van der Waals surface area contributed by atoms with E-state index in [0.29, 0.717) is 0 Å². The second kappa shape index (κ2) is 5.27. The maximum Gasteiger partial charge on any atom is 0.241 e. The molecule has 0 aromatic carbocycles. The minimum Gasteiger partial charge on any atom is -0.548 e. The highest BCUT2D eigenvalue weighted by Gasteiger charge is 2.15. The van der Waals surface area contributed by atoms with Gasteiger partial charge in [-0.1, -0.05) is 11.6 Å². The van der Waals surface area contributed by atoms with Gasteiger partial charge in [0.25, 0.3) is 0 Å². The van der Waals surface area contributed by atoms with Crippen molar-refractivity contribution >= 4 is 8.32 Å². The van der Waals surface area contributed by atoms with Gasteiger partial charge in [-0.15, -0.1) is 0 Å². The zero-order chi connectivity index (χ0) is 10.5. The third-order valence-electron chi connectivity index (χ3n) is 1.40. The molecule has 0 fully saturated rings. The minimum atomic E-state index is -1.39. The molecule has 76 valence electrons. The first-order valence-electron chi connectivity index (χ1n) is 4.80. The van der Waals surface area contributed by atoms with Crippen LogP contribution in [0.15, 0.2) is 23.5 Å². The summed E-state index contributed by atoms with van der Waals surface area (Å²) in [7, 11) is -1.39.